The molecule has 1 aliphatic rings. The minimum absolute atomic E-state index is 0.0952. The predicted molar refractivity (Wildman–Crippen MR) is 75.6 cm³/mol. The molecular weight excluding hydrogens is 264 g/mol. The molecule has 19 heavy (non-hydrogen) atoms. The Bertz CT molecular complexity index is 512. The van der Waals surface area contributed by atoms with E-state index in [-0.39, 0.29) is 5.75 Å². The van der Waals surface area contributed by atoms with E-state index in [1.807, 2.05) is 12.1 Å². The molecule has 2 rings (SSSR count). The Hall–Kier alpha value is -1.11. The van der Waals surface area contributed by atoms with Crippen LogP contribution in [0, 0.1) is 0 Å². The first kappa shape index (κ1) is 14.3. The Morgan fingerprint density at radius 2 is 2.16 bits per heavy atom. The van der Waals surface area contributed by atoms with E-state index in [4.69, 9.17) is 4.74 Å². The van der Waals surface area contributed by atoms with Gasteiger partial charge >= 0.3 is 0 Å². The number of hydrogen-bond donors (Lipinski definition) is 2. The van der Waals surface area contributed by atoms with Crippen LogP contribution in [0.4, 0.5) is 5.69 Å². The summed E-state index contributed by atoms with van der Waals surface area (Å²) in [5.74, 6) is 0.0952. The smallest absolute Gasteiger partial charge is 0.233 e. The quantitative estimate of drug-likeness (QED) is 0.755. The third-order valence-corrected chi connectivity index (χ3v) is 4.18. The highest BCUT2D eigenvalue weighted by Gasteiger charge is 2.21. The Balaban J connectivity index is 1.88. The average Bonchev–Trinajstić information content (AvgIpc) is 3.13. The maximum absolute atomic E-state index is 11.9. The molecule has 0 heterocycles. The summed E-state index contributed by atoms with van der Waals surface area (Å²) in [5.41, 5.74) is 1.53. The van der Waals surface area contributed by atoms with Crippen molar-refractivity contribution in [1.82, 2.24) is 5.32 Å². The molecule has 0 bridgehead atoms. The van der Waals surface area contributed by atoms with Crippen LogP contribution in [0.3, 0.4) is 0 Å². The normalized spacial score (nSPS) is 15.4. The first-order valence-electron chi connectivity index (χ1n) is 6.41. The van der Waals surface area contributed by atoms with Crippen LogP contribution < -0.4 is 10.0 Å². The van der Waals surface area contributed by atoms with Crippen LogP contribution in [-0.2, 0) is 21.4 Å². The number of rotatable bonds is 8. The fourth-order valence-electron chi connectivity index (χ4n) is 1.81. The molecule has 0 saturated heterocycles. The summed E-state index contributed by atoms with van der Waals surface area (Å²) in [6.07, 6.45) is 2.32. The van der Waals surface area contributed by atoms with Gasteiger partial charge in [-0.25, -0.2) is 8.42 Å². The van der Waals surface area contributed by atoms with Crippen molar-refractivity contribution in [2.75, 3.05) is 24.1 Å². The zero-order chi connectivity index (χ0) is 13.7. The van der Waals surface area contributed by atoms with Gasteiger partial charge in [-0.05, 0) is 30.5 Å². The first-order valence-corrected chi connectivity index (χ1v) is 8.06. The van der Waals surface area contributed by atoms with Crippen LogP contribution in [0.5, 0.6) is 0 Å². The highest BCUT2D eigenvalue weighted by atomic mass is 32.2. The van der Waals surface area contributed by atoms with Gasteiger partial charge in [0.1, 0.15) is 0 Å². The molecule has 106 valence electrons. The molecule has 0 aromatic heterocycles. The van der Waals surface area contributed by atoms with Gasteiger partial charge in [0.05, 0.1) is 12.4 Å². The second-order valence-electron chi connectivity index (χ2n) is 4.78. The Morgan fingerprint density at radius 1 is 1.37 bits per heavy atom. The standard InChI is InChI=1S/C13H20N2O3S/c1-18-10-11-3-2-4-13(9-11)15-19(16,17)8-7-14-12-5-6-12/h2-4,9,12,14-15H,5-8,10H2,1H3. The van der Waals surface area contributed by atoms with E-state index >= 15 is 0 Å². The van der Waals surface area contributed by atoms with Crippen LogP contribution in [-0.4, -0.2) is 33.9 Å². The summed E-state index contributed by atoms with van der Waals surface area (Å²) >= 11 is 0. The molecule has 0 aliphatic heterocycles. The number of nitrogens with one attached hydrogen (secondary N) is 2. The van der Waals surface area contributed by atoms with E-state index in [0.29, 0.717) is 24.9 Å². The molecule has 1 saturated carbocycles. The van der Waals surface area contributed by atoms with Crippen molar-refractivity contribution in [3.63, 3.8) is 0 Å². The van der Waals surface area contributed by atoms with Crippen molar-refractivity contribution in [1.29, 1.82) is 0 Å². The van der Waals surface area contributed by atoms with Crippen molar-refractivity contribution in [2.24, 2.45) is 0 Å². The maximum Gasteiger partial charge on any atom is 0.233 e. The van der Waals surface area contributed by atoms with Gasteiger partial charge in [0.2, 0.25) is 10.0 Å². The summed E-state index contributed by atoms with van der Waals surface area (Å²) < 4.78 is 31.4. The minimum atomic E-state index is -3.29. The maximum atomic E-state index is 11.9. The zero-order valence-corrected chi connectivity index (χ0v) is 11.9. The summed E-state index contributed by atoms with van der Waals surface area (Å²) in [4.78, 5) is 0. The summed E-state index contributed by atoms with van der Waals surface area (Å²) in [6.45, 7) is 0.969. The lowest BCUT2D eigenvalue weighted by Crippen LogP contribution is -2.28. The lowest BCUT2D eigenvalue weighted by Gasteiger charge is -2.09. The third kappa shape index (κ3) is 5.18. The van der Waals surface area contributed by atoms with Crippen molar-refractivity contribution in [2.45, 2.75) is 25.5 Å². The van der Waals surface area contributed by atoms with E-state index in [2.05, 4.69) is 10.0 Å². The SMILES string of the molecule is COCc1cccc(NS(=O)(=O)CCNC2CC2)c1. The van der Waals surface area contributed by atoms with E-state index < -0.39 is 10.0 Å². The van der Waals surface area contributed by atoms with Crippen LogP contribution >= 0.6 is 0 Å². The Morgan fingerprint density at radius 3 is 2.84 bits per heavy atom. The van der Waals surface area contributed by atoms with Gasteiger partial charge in [0, 0.05) is 25.4 Å². The number of anilines is 1. The molecule has 6 heteroatoms. The van der Waals surface area contributed by atoms with Gasteiger partial charge in [-0.3, -0.25) is 4.72 Å². The average molecular weight is 284 g/mol. The van der Waals surface area contributed by atoms with Crippen molar-refractivity contribution >= 4 is 15.7 Å². The molecule has 0 spiro atoms. The molecule has 1 aliphatic carbocycles. The Kier molecular flexibility index (Phi) is 4.79. The number of sulfonamides is 1. The Labute approximate surface area is 114 Å². The van der Waals surface area contributed by atoms with Gasteiger partial charge in [-0.15, -0.1) is 0 Å². The van der Waals surface area contributed by atoms with E-state index in [0.717, 1.165) is 18.4 Å². The molecule has 1 aromatic carbocycles. The van der Waals surface area contributed by atoms with Crippen molar-refractivity contribution < 1.29 is 13.2 Å². The van der Waals surface area contributed by atoms with Gasteiger partial charge < -0.3 is 10.1 Å². The lowest BCUT2D eigenvalue weighted by atomic mass is 10.2. The lowest BCUT2D eigenvalue weighted by molar-refractivity contribution is 0.185. The summed E-state index contributed by atoms with van der Waals surface area (Å²) in [5, 5.41) is 3.19. The minimum Gasteiger partial charge on any atom is -0.380 e. The van der Waals surface area contributed by atoms with Gasteiger partial charge in [0.15, 0.2) is 0 Å². The topological polar surface area (TPSA) is 67.4 Å². The molecule has 0 atom stereocenters. The number of benzene rings is 1. The first-order chi connectivity index (χ1) is 9.09. The van der Waals surface area contributed by atoms with Gasteiger partial charge in [0.25, 0.3) is 0 Å². The summed E-state index contributed by atoms with van der Waals surface area (Å²) in [6, 6.07) is 7.77. The van der Waals surface area contributed by atoms with Crippen LogP contribution in [0.1, 0.15) is 18.4 Å². The number of hydrogen-bond acceptors (Lipinski definition) is 4. The second-order valence-corrected chi connectivity index (χ2v) is 6.62. The predicted octanol–water partition coefficient (Wildman–Crippen LogP) is 1.33. The number of ether oxygens (including phenoxy) is 1. The van der Waals surface area contributed by atoms with Crippen LogP contribution in [0.2, 0.25) is 0 Å². The molecule has 0 radical (unpaired) electrons. The zero-order valence-electron chi connectivity index (χ0n) is 11.1. The molecule has 0 unspecified atom stereocenters. The number of methoxy groups -OCH3 is 1. The molecule has 0 amide bonds. The molecular formula is C13H20N2O3S. The highest BCUT2D eigenvalue weighted by molar-refractivity contribution is 7.92. The molecule has 2 N–H and O–H groups in total. The fraction of sp³-hybridized carbons (Fsp3) is 0.538. The van der Waals surface area contributed by atoms with Gasteiger partial charge in [-0.1, -0.05) is 12.1 Å². The third-order valence-electron chi connectivity index (χ3n) is 2.89. The molecule has 1 fully saturated rings. The van der Waals surface area contributed by atoms with Gasteiger partial charge in [-0.2, -0.15) is 0 Å². The van der Waals surface area contributed by atoms with E-state index in [9.17, 15) is 8.42 Å². The van der Waals surface area contributed by atoms with E-state index in [1.54, 1.807) is 19.2 Å². The van der Waals surface area contributed by atoms with Crippen LogP contribution in [0.25, 0.3) is 0 Å². The molecule has 5 nitrogen and oxygen atoms in total. The monoisotopic (exact) mass is 284 g/mol. The second kappa shape index (κ2) is 6.36. The molecule has 1 aromatic rings. The van der Waals surface area contributed by atoms with Crippen molar-refractivity contribution in [3.05, 3.63) is 29.8 Å². The summed E-state index contributed by atoms with van der Waals surface area (Å²) in [7, 11) is -1.68. The fourth-order valence-corrected chi connectivity index (χ4v) is 2.78. The largest absolute Gasteiger partial charge is 0.380 e. The van der Waals surface area contributed by atoms with Crippen LogP contribution in [0.15, 0.2) is 24.3 Å². The van der Waals surface area contributed by atoms with E-state index in [1.165, 1.54) is 0 Å². The van der Waals surface area contributed by atoms with Crippen molar-refractivity contribution in [3.8, 4) is 0 Å². The highest BCUT2D eigenvalue weighted by Crippen LogP contribution is 2.18.